The zero-order valence-corrected chi connectivity index (χ0v) is 18.8. The van der Waals surface area contributed by atoms with Gasteiger partial charge in [-0.1, -0.05) is 103 Å². The molecule has 0 fully saturated rings. The van der Waals surface area contributed by atoms with E-state index in [0.717, 1.165) is 12.8 Å². The zero-order chi connectivity index (χ0) is 17.2. The molecule has 0 unspecified atom stereocenters. The van der Waals surface area contributed by atoms with Crippen LogP contribution in [0.25, 0.3) is 0 Å². The first-order valence-corrected chi connectivity index (χ1v) is 11.0. The Labute approximate surface area is 180 Å². The Bertz CT molecular complexity index is 334. The van der Waals surface area contributed by atoms with Crippen molar-refractivity contribution in [3.8, 4) is 0 Å². The van der Waals surface area contributed by atoms with Crippen molar-refractivity contribution >= 4 is 48.1 Å². The Morgan fingerprint density at radius 2 is 0.917 bits per heavy atom. The van der Waals surface area contributed by atoms with Crippen molar-refractivity contribution in [2.45, 2.75) is 110 Å². The van der Waals surface area contributed by atoms with Crippen LogP contribution in [0.3, 0.4) is 0 Å². The van der Waals surface area contributed by atoms with E-state index in [0.29, 0.717) is 6.42 Å². The molecule has 0 bridgehead atoms. The van der Waals surface area contributed by atoms with E-state index >= 15 is 0 Å². The molecule has 6 heteroatoms. The maximum Gasteiger partial charge on any atom is 2.00 e. The van der Waals surface area contributed by atoms with Crippen LogP contribution in [0.1, 0.15) is 110 Å². The normalized spacial score (nSPS) is 11.4. The molecule has 0 N–H and O–H groups in total. The largest absolute Gasteiger partial charge is 2.00 e. The number of hydrogen-bond donors (Lipinski definition) is 0. The van der Waals surface area contributed by atoms with Crippen LogP contribution in [0.15, 0.2) is 0 Å². The zero-order valence-electron chi connectivity index (χ0n) is 15.8. The molecule has 0 rings (SSSR count). The van der Waals surface area contributed by atoms with E-state index in [-0.39, 0.29) is 44.3 Å². The van der Waals surface area contributed by atoms with Crippen LogP contribution < -0.4 is 0 Å². The van der Waals surface area contributed by atoms with Crippen molar-refractivity contribution in [2.75, 3.05) is 6.61 Å². The number of unbranched alkanes of at least 4 members (excludes halogenated alkanes) is 15. The Kier molecular flexibility index (Phi) is 23.3. The molecule has 0 aliphatic rings. The van der Waals surface area contributed by atoms with Gasteiger partial charge >= 0.3 is 37.7 Å². The summed E-state index contributed by atoms with van der Waals surface area (Å²) in [6, 6.07) is 0. The van der Waals surface area contributed by atoms with Gasteiger partial charge in [0.1, 0.15) is 0 Å². The molecular weight excluding hydrogens is 352 g/mol. The van der Waals surface area contributed by atoms with Crippen LogP contribution >= 0.6 is 0 Å². The summed E-state index contributed by atoms with van der Waals surface area (Å²) in [6.07, 6.45) is 20.3. The molecule has 0 atom stereocenters. The van der Waals surface area contributed by atoms with E-state index < -0.39 is 10.4 Å². The van der Waals surface area contributed by atoms with Crippen molar-refractivity contribution in [1.29, 1.82) is 0 Å². The van der Waals surface area contributed by atoms with Gasteiger partial charge in [0.05, 0.1) is 6.61 Å². The van der Waals surface area contributed by atoms with Crippen LogP contribution in [0.2, 0.25) is 0 Å². The minimum Gasteiger partial charge on any atom is -0.726 e. The summed E-state index contributed by atoms with van der Waals surface area (Å²) in [7, 11) is -4.49. The first kappa shape index (κ1) is 27.3. The molecule has 0 saturated heterocycles. The van der Waals surface area contributed by atoms with Crippen molar-refractivity contribution in [3.05, 3.63) is 0 Å². The van der Waals surface area contributed by atoms with Gasteiger partial charge in [0.2, 0.25) is 10.4 Å². The molecule has 0 aliphatic carbocycles. The minimum atomic E-state index is -4.49. The Morgan fingerprint density at radius 1 is 0.625 bits per heavy atom. The smallest absolute Gasteiger partial charge is 0.726 e. The van der Waals surface area contributed by atoms with Crippen LogP contribution in [0.5, 0.6) is 0 Å². The van der Waals surface area contributed by atoms with E-state index in [1.54, 1.807) is 0 Å². The van der Waals surface area contributed by atoms with Gasteiger partial charge in [-0.2, -0.15) is 0 Å². The van der Waals surface area contributed by atoms with E-state index in [4.69, 9.17) is 0 Å². The second-order valence-corrected chi connectivity index (χ2v) is 7.59. The molecule has 0 saturated carbocycles. The molecule has 0 spiro atoms. The predicted molar refractivity (Wildman–Crippen MR) is 101 cm³/mol. The van der Waals surface area contributed by atoms with Crippen LogP contribution in [0.4, 0.5) is 0 Å². The molecule has 4 nitrogen and oxygen atoms in total. The molecule has 24 heavy (non-hydrogen) atoms. The molecule has 0 radical (unpaired) electrons. The van der Waals surface area contributed by atoms with Crippen molar-refractivity contribution in [2.24, 2.45) is 0 Å². The summed E-state index contributed by atoms with van der Waals surface area (Å²) in [5.74, 6) is 0. The van der Waals surface area contributed by atoms with Crippen molar-refractivity contribution in [3.63, 3.8) is 0 Å². The second-order valence-electron chi connectivity index (χ2n) is 6.53. The molecule has 0 aromatic heterocycles. The number of rotatable bonds is 18. The van der Waals surface area contributed by atoms with Crippen LogP contribution in [-0.2, 0) is 14.6 Å². The van der Waals surface area contributed by atoms with Gasteiger partial charge in [-0.15, -0.1) is 0 Å². The summed E-state index contributed by atoms with van der Waals surface area (Å²) in [5.41, 5.74) is 0. The molecule has 140 valence electrons. The summed E-state index contributed by atoms with van der Waals surface area (Å²) in [4.78, 5) is 0. The third-order valence-corrected chi connectivity index (χ3v) is 4.68. The second kappa shape index (κ2) is 20.4. The maximum atomic E-state index is 10.2. The summed E-state index contributed by atoms with van der Waals surface area (Å²) in [6.45, 7) is 2.29. The third-order valence-electron chi connectivity index (χ3n) is 4.23. The summed E-state index contributed by atoms with van der Waals surface area (Å²) < 4.78 is 34.8. The minimum absolute atomic E-state index is 0. The molecule has 0 amide bonds. The van der Waals surface area contributed by atoms with Crippen LogP contribution in [0, 0.1) is 0 Å². The Morgan fingerprint density at radius 3 is 1.21 bits per heavy atom. The average Bonchev–Trinajstić information content (AvgIpc) is 2.49. The fourth-order valence-corrected chi connectivity index (χ4v) is 3.13. The van der Waals surface area contributed by atoms with Gasteiger partial charge in [0, 0.05) is 0 Å². The van der Waals surface area contributed by atoms with Gasteiger partial charge in [-0.3, -0.25) is 4.18 Å². The molecule has 0 aliphatic heterocycles. The van der Waals surface area contributed by atoms with E-state index in [2.05, 4.69) is 11.1 Å². The van der Waals surface area contributed by atoms with Gasteiger partial charge in [-0.05, 0) is 6.42 Å². The Balaban J connectivity index is 0. The Hall–Kier alpha value is 1.13. The summed E-state index contributed by atoms with van der Waals surface area (Å²) >= 11 is 0. The van der Waals surface area contributed by atoms with Gasteiger partial charge in [0.15, 0.2) is 0 Å². The molecular formula is C18H37CaO4S+. The predicted octanol–water partition coefficient (Wildman–Crippen LogP) is 5.34. The van der Waals surface area contributed by atoms with Crippen molar-refractivity contribution < 1.29 is 17.2 Å². The summed E-state index contributed by atoms with van der Waals surface area (Å²) in [5, 5.41) is 0. The van der Waals surface area contributed by atoms with E-state index in [1.165, 1.54) is 83.5 Å². The van der Waals surface area contributed by atoms with Gasteiger partial charge < -0.3 is 4.55 Å². The fourth-order valence-electron chi connectivity index (χ4n) is 2.81. The SMILES string of the molecule is CCCCCCCCCCCCCCCCCCOS(=O)(=O)[O-].[Ca+2]. The average molecular weight is 390 g/mol. The first-order chi connectivity index (χ1) is 11.1. The van der Waals surface area contributed by atoms with Gasteiger partial charge in [0.25, 0.3) is 0 Å². The van der Waals surface area contributed by atoms with Gasteiger partial charge in [-0.25, -0.2) is 8.42 Å². The number of hydrogen-bond acceptors (Lipinski definition) is 4. The first-order valence-electron chi connectivity index (χ1n) is 9.66. The molecule has 0 aromatic carbocycles. The molecule has 0 heterocycles. The third kappa shape index (κ3) is 25.4. The maximum absolute atomic E-state index is 10.2. The monoisotopic (exact) mass is 389 g/mol. The van der Waals surface area contributed by atoms with E-state index in [1.807, 2.05) is 0 Å². The fraction of sp³-hybridized carbons (Fsp3) is 1.00. The topological polar surface area (TPSA) is 66.4 Å². The van der Waals surface area contributed by atoms with E-state index in [9.17, 15) is 13.0 Å². The van der Waals surface area contributed by atoms with Crippen LogP contribution in [-0.4, -0.2) is 57.3 Å². The standard InChI is InChI=1S/C18H38O4S.Ca/c1-2-3-4-5-6-7-8-9-10-11-12-13-14-15-16-17-18-22-23(19,20)21;/h2-18H2,1H3,(H,19,20,21);/q;+2/p-1. The van der Waals surface area contributed by atoms with Crippen molar-refractivity contribution in [1.82, 2.24) is 0 Å². The quantitative estimate of drug-likeness (QED) is 0.137. The molecule has 0 aromatic rings.